The third kappa shape index (κ3) is 5.57. The third-order valence-electron chi connectivity index (χ3n) is 7.82. The van der Waals surface area contributed by atoms with Crippen LogP contribution in [0.3, 0.4) is 0 Å². The number of ether oxygens (including phenoxy) is 3. The molecule has 1 aromatic heterocycles. The number of nitrogens with one attached hydrogen (secondary N) is 1. The van der Waals surface area contributed by atoms with E-state index in [4.69, 9.17) is 25.8 Å². The van der Waals surface area contributed by atoms with E-state index < -0.39 is 17.3 Å². The van der Waals surface area contributed by atoms with Gasteiger partial charge in [-0.05, 0) is 57.9 Å². The highest BCUT2D eigenvalue weighted by Crippen LogP contribution is 2.44. The Morgan fingerprint density at radius 3 is 2.76 bits per heavy atom. The molecule has 1 spiro atoms. The zero-order valence-corrected chi connectivity index (χ0v) is 25.0. The number of carbonyl (C=O) groups excluding carboxylic acids is 2. The summed E-state index contributed by atoms with van der Waals surface area (Å²) < 4.78 is 17.5. The second-order valence-corrected chi connectivity index (χ2v) is 12.0. The van der Waals surface area contributed by atoms with Crippen molar-refractivity contribution >= 4 is 51.9 Å². The van der Waals surface area contributed by atoms with Crippen LogP contribution in [0, 0.1) is 12.8 Å². The van der Waals surface area contributed by atoms with Gasteiger partial charge in [0.1, 0.15) is 29.1 Å². The molecular formula is C30H36ClN5O5. The van der Waals surface area contributed by atoms with Crippen molar-refractivity contribution < 1.29 is 23.8 Å². The molecule has 5 rings (SSSR count). The van der Waals surface area contributed by atoms with Crippen molar-refractivity contribution in [1.29, 1.82) is 0 Å². The Kier molecular flexibility index (Phi) is 7.63. The third-order valence-corrected chi connectivity index (χ3v) is 8.23. The van der Waals surface area contributed by atoms with Crippen LogP contribution in [0.15, 0.2) is 36.7 Å². The quantitative estimate of drug-likeness (QED) is 0.354. The molecule has 10 nitrogen and oxygen atoms in total. The van der Waals surface area contributed by atoms with Crippen LogP contribution in [-0.2, 0) is 9.47 Å². The molecule has 3 heterocycles. The first-order valence-electron chi connectivity index (χ1n) is 13.8. The fourth-order valence-corrected chi connectivity index (χ4v) is 5.76. The number of fused-ring (bicyclic) bond motifs is 1. The van der Waals surface area contributed by atoms with E-state index in [1.807, 2.05) is 58.9 Å². The van der Waals surface area contributed by atoms with E-state index in [2.05, 4.69) is 15.3 Å². The molecule has 41 heavy (non-hydrogen) atoms. The van der Waals surface area contributed by atoms with Gasteiger partial charge in [0.2, 0.25) is 0 Å². The van der Waals surface area contributed by atoms with Gasteiger partial charge >= 0.3 is 12.2 Å². The van der Waals surface area contributed by atoms with Gasteiger partial charge in [0.05, 0.1) is 24.9 Å². The van der Waals surface area contributed by atoms with Crippen molar-refractivity contribution in [3.8, 4) is 5.75 Å². The lowest BCUT2D eigenvalue weighted by atomic mass is 9.79. The lowest BCUT2D eigenvalue weighted by molar-refractivity contribution is -0.0546. The van der Waals surface area contributed by atoms with Crippen molar-refractivity contribution in [2.45, 2.75) is 58.7 Å². The molecule has 2 aliphatic rings. The van der Waals surface area contributed by atoms with Crippen molar-refractivity contribution in [1.82, 2.24) is 14.9 Å². The molecule has 2 aromatic carbocycles. The van der Waals surface area contributed by atoms with E-state index in [0.29, 0.717) is 59.2 Å². The lowest BCUT2D eigenvalue weighted by Gasteiger charge is -2.43. The van der Waals surface area contributed by atoms with E-state index in [-0.39, 0.29) is 12.0 Å². The number of hydrogen-bond acceptors (Lipinski definition) is 8. The largest absolute Gasteiger partial charge is 0.494 e. The molecule has 2 saturated heterocycles. The number of aromatic nitrogens is 2. The van der Waals surface area contributed by atoms with Gasteiger partial charge in [0.15, 0.2) is 0 Å². The summed E-state index contributed by atoms with van der Waals surface area (Å²) in [5, 5.41) is 4.72. The molecule has 2 aliphatic heterocycles. The molecule has 0 aliphatic carbocycles. The van der Waals surface area contributed by atoms with Gasteiger partial charge in [0, 0.05) is 47.6 Å². The predicted molar refractivity (Wildman–Crippen MR) is 158 cm³/mol. The van der Waals surface area contributed by atoms with E-state index in [1.165, 1.54) is 6.33 Å². The van der Waals surface area contributed by atoms with E-state index in [0.717, 1.165) is 17.7 Å². The van der Waals surface area contributed by atoms with Crippen LogP contribution in [0.2, 0.25) is 5.02 Å². The molecule has 2 fully saturated rings. The van der Waals surface area contributed by atoms with Gasteiger partial charge in [-0.25, -0.2) is 19.6 Å². The van der Waals surface area contributed by atoms with Gasteiger partial charge in [-0.2, -0.15) is 0 Å². The number of rotatable bonds is 5. The summed E-state index contributed by atoms with van der Waals surface area (Å²) in [4.78, 5) is 38.5. The minimum atomic E-state index is -0.740. The summed E-state index contributed by atoms with van der Waals surface area (Å²) in [6.45, 7) is 10.7. The fourth-order valence-electron chi connectivity index (χ4n) is 5.58. The number of methoxy groups -OCH3 is 1. The van der Waals surface area contributed by atoms with Crippen LogP contribution in [0.5, 0.6) is 5.75 Å². The topological polar surface area (TPSA) is 106 Å². The van der Waals surface area contributed by atoms with Crippen molar-refractivity contribution in [3.05, 3.63) is 47.2 Å². The van der Waals surface area contributed by atoms with Gasteiger partial charge < -0.3 is 24.4 Å². The summed E-state index contributed by atoms with van der Waals surface area (Å²) in [6.07, 6.45) is 1.91. The molecule has 11 heteroatoms. The van der Waals surface area contributed by atoms with E-state index in [9.17, 15) is 9.59 Å². The Morgan fingerprint density at radius 1 is 1.27 bits per heavy atom. The normalized spacial score (nSPS) is 20.9. The summed E-state index contributed by atoms with van der Waals surface area (Å²) in [5.41, 5.74) is 1.60. The van der Waals surface area contributed by atoms with Crippen LogP contribution in [-0.4, -0.2) is 65.0 Å². The van der Waals surface area contributed by atoms with Gasteiger partial charge in [-0.1, -0.05) is 24.6 Å². The molecule has 218 valence electrons. The molecule has 3 aromatic rings. The first-order chi connectivity index (χ1) is 19.4. The Bertz CT molecular complexity index is 1490. The Hall–Kier alpha value is -3.79. The highest BCUT2D eigenvalue weighted by Gasteiger charge is 2.54. The van der Waals surface area contributed by atoms with Crippen molar-refractivity contribution in [3.63, 3.8) is 0 Å². The standard InChI is InChI=1S/C30H36ClN5O5/c1-7-19-15-35(27(37)40-29(3,4)5)12-11-30(19)16-36(28(38)41-30)24-13-20-23(14-25(24)39-6)32-17-33-26(20)34-22-10-8-9-21(31)18(22)2/h8-10,13-14,17,19H,7,11-12,15-16H2,1-6H3,(H,32,33,34). The second kappa shape index (κ2) is 10.9. The lowest BCUT2D eigenvalue weighted by Crippen LogP contribution is -2.55. The number of anilines is 3. The molecule has 2 amide bonds. The molecule has 1 N–H and O–H groups in total. The smallest absolute Gasteiger partial charge is 0.415 e. The Morgan fingerprint density at radius 2 is 2.05 bits per heavy atom. The Labute approximate surface area is 244 Å². The number of nitrogens with zero attached hydrogens (tertiary/aromatic N) is 4. The SMILES string of the molecule is CCC1CN(C(=O)OC(C)(C)C)CCC12CN(c1cc3c(Nc4cccc(Cl)c4C)ncnc3cc1OC)C(=O)O2. The fraction of sp³-hybridized carbons (Fsp3) is 0.467. The van der Waals surface area contributed by atoms with E-state index >= 15 is 0 Å². The number of likely N-dealkylation sites (tertiary alicyclic amines) is 1. The summed E-state index contributed by atoms with van der Waals surface area (Å²) in [6, 6.07) is 9.28. The molecule has 2 atom stereocenters. The number of carbonyl (C=O) groups is 2. The Balaban J connectivity index is 1.46. The average molecular weight is 582 g/mol. The van der Waals surface area contributed by atoms with Crippen molar-refractivity contribution in [2.24, 2.45) is 5.92 Å². The van der Waals surface area contributed by atoms with Crippen LogP contribution >= 0.6 is 11.6 Å². The molecular weight excluding hydrogens is 546 g/mol. The van der Waals surface area contributed by atoms with Gasteiger partial charge in [-0.3, -0.25) is 4.90 Å². The summed E-state index contributed by atoms with van der Waals surface area (Å²) in [7, 11) is 1.56. The minimum absolute atomic E-state index is 0.0597. The van der Waals surface area contributed by atoms with Crippen LogP contribution in [0.1, 0.15) is 46.1 Å². The second-order valence-electron chi connectivity index (χ2n) is 11.6. The maximum absolute atomic E-state index is 13.5. The summed E-state index contributed by atoms with van der Waals surface area (Å²) >= 11 is 6.34. The molecule has 0 bridgehead atoms. The van der Waals surface area contributed by atoms with Crippen LogP contribution < -0.4 is 15.0 Å². The average Bonchev–Trinajstić information content (AvgIpc) is 3.25. The number of piperidine rings is 1. The number of benzene rings is 2. The molecule has 0 radical (unpaired) electrons. The first kappa shape index (κ1) is 28.7. The number of halogens is 1. The number of amides is 2. The van der Waals surface area contributed by atoms with Gasteiger partial charge in [0.25, 0.3) is 0 Å². The molecule has 0 saturated carbocycles. The van der Waals surface area contributed by atoms with E-state index in [1.54, 1.807) is 23.0 Å². The first-order valence-corrected chi connectivity index (χ1v) is 14.2. The highest BCUT2D eigenvalue weighted by molar-refractivity contribution is 6.31. The van der Waals surface area contributed by atoms with Crippen molar-refractivity contribution in [2.75, 3.05) is 37.0 Å². The van der Waals surface area contributed by atoms with Gasteiger partial charge in [-0.15, -0.1) is 0 Å². The summed E-state index contributed by atoms with van der Waals surface area (Å²) in [5.74, 6) is 1.01. The van der Waals surface area contributed by atoms with Crippen LogP contribution in [0.25, 0.3) is 10.9 Å². The predicted octanol–water partition coefficient (Wildman–Crippen LogP) is 6.71. The highest BCUT2D eigenvalue weighted by atomic mass is 35.5. The maximum atomic E-state index is 13.5. The van der Waals surface area contributed by atoms with Crippen LogP contribution in [0.4, 0.5) is 26.8 Å². The molecule has 2 unspecified atom stereocenters. The zero-order valence-electron chi connectivity index (χ0n) is 24.3. The monoisotopic (exact) mass is 581 g/mol. The zero-order chi connectivity index (χ0) is 29.5. The minimum Gasteiger partial charge on any atom is -0.494 e. The maximum Gasteiger partial charge on any atom is 0.415 e. The number of hydrogen-bond donors (Lipinski definition) is 1.